The number of methoxy groups -OCH3 is 2. The van der Waals surface area contributed by atoms with Crippen LogP contribution in [-0.2, 0) is 11.2 Å². The molecule has 1 aromatic carbocycles. The maximum absolute atomic E-state index is 12.8. The van der Waals surface area contributed by atoms with Gasteiger partial charge in [-0.1, -0.05) is 11.6 Å². The highest BCUT2D eigenvalue weighted by molar-refractivity contribution is 5.94. The van der Waals surface area contributed by atoms with Crippen LogP contribution in [0.2, 0.25) is 0 Å². The molecule has 0 amide bonds. The Bertz CT molecular complexity index is 641. The first-order valence-corrected chi connectivity index (χ1v) is 9.24. The van der Waals surface area contributed by atoms with E-state index in [2.05, 4.69) is 5.16 Å². The van der Waals surface area contributed by atoms with Gasteiger partial charge in [-0.3, -0.25) is 0 Å². The van der Waals surface area contributed by atoms with Crippen molar-refractivity contribution in [3.63, 3.8) is 0 Å². The van der Waals surface area contributed by atoms with E-state index < -0.39 is 0 Å². The number of benzene rings is 1. The van der Waals surface area contributed by atoms with E-state index in [1.165, 1.54) is 0 Å². The molecule has 0 radical (unpaired) electrons. The van der Waals surface area contributed by atoms with Gasteiger partial charge < -0.3 is 19.4 Å². The van der Waals surface area contributed by atoms with Crippen LogP contribution in [0, 0.1) is 0 Å². The number of hydrogen-bond donors (Lipinski definition) is 1. The van der Waals surface area contributed by atoms with Crippen molar-refractivity contribution in [3.05, 3.63) is 23.3 Å². The number of carbonyl (C=O) groups excluding carboxylic acids is 1. The van der Waals surface area contributed by atoms with Gasteiger partial charge >= 0.3 is 5.97 Å². The van der Waals surface area contributed by atoms with Crippen LogP contribution >= 0.6 is 0 Å². The van der Waals surface area contributed by atoms with E-state index in [1.807, 2.05) is 13.0 Å². The van der Waals surface area contributed by atoms with Crippen molar-refractivity contribution in [2.75, 3.05) is 14.2 Å². The largest absolute Gasteiger partial charge is 0.497 e. The van der Waals surface area contributed by atoms with Crippen molar-refractivity contribution in [1.82, 2.24) is 0 Å². The molecule has 1 N–H and O–H groups in total. The first kappa shape index (κ1) is 20.1. The molecule has 6 nitrogen and oxygen atoms in total. The molecule has 144 valence electrons. The van der Waals surface area contributed by atoms with Crippen molar-refractivity contribution >= 4 is 11.7 Å². The van der Waals surface area contributed by atoms with Crippen molar-refractivity contribution < 1.29 is 24.2 Å². The minimum Gasteiger partial charge on any atom is -0.497 e. The standard InChI is InChI=1S/C20H29NO5/c1-14-8-7-11-16(21-23)10-6-4-5-9-15-12-17(24-2)13-18(25-3)19(15)20(22)26-14/h12-14,23H,4-11H2,1-3H3/t14-/m0/s1. The maximum atomic E-state index is 12.8. The Balaban J connectivity index is 2.30. The molecule has 1 aromatic rings. The molecule has 0 bridgehead atoms. The first-order valence-electron chi connectivity index (χ1n) is 9.24. The van der Waals surface area contributed by atoms with Gasteiger partial charge in [-0.25, -0.2) is 4.79 Å². The van der Waals surface area contributed by atoms with E-state index in [0.717, 1.165) is 62.6 Å². The summed E-state index contributed by atoms with van der Waals surface area (Å²) < 4.78 is 16.4. The average Bonchev–Trinajstić information content (AvgIpc) is 2.64. The molecule has 0 aliphatic carbocycles. The third-order valence-corrected chi connectivity index (χ3v) is 4.75. The molecular weight excluding hydrogens is 334 g/mol. The summed E-state index contributed by atoms with van der Waals surface area (Å²) in [7, 11) is 3.15. The van der Waals surface area contributed by atoms with Crippen LogP contribution < -0.4 is 9.47 Å². The number of cyclic esters (lactones) is 1. The molecule has 1 atom stereocenters. The summed E-state index contributed by atoms with van der Waals surface area (Å²) in [6, 6.07) is 3.61. The molecule has 0 spiro atoms. The molecule has 1 heterocycles. The van der Waals surface area contributed by atoms with E-state index >= 15 is 0 Å². The smallest absolute Gasteiger partial charge is 0.342 e. The molecule has 0 saturated heterocycles. The third kappa shape index (κ3) is 5.38. The summed E-state index contributed by atoms with van der Waals surface area (Å²) in [4.78, 5) is 12.8. The van der Waals surface area contributed by atoms with Gasteiger partial charge in [0.1, 0.15) is 17.1 Å². The summed E-state index contributed by atoms with van der Waals surface area (Å²) >= 11 is 0. The number of oxime groups is 1. The summed E-state index contributed by atoms with van der Waals surface area (Å²) in [5.74, 6) is 0.788. The second-order valence-corrected chi connectivity index (χ2v) is 6.70. The van der Waals surface area contributed by atoms with E-state index in [-0.39, 0.29) is 12.1 Å². The van der Waals surface area contributed by atoms with Crippen LogP contribution in [-0.4, -0.2) is 37.2 Å². The Morgan fingerprint density at radius 3 is 2.50 bits per heavy atom. The zero-order chi connectivity index (χ0) is 18.9. The fourth-order valence-electron chi connectivity index (χ4n) is 3.29. The van der Waals surface area contributed by atoms with Gasteiger partial charge in [-0.15, -0.1) is 0 Å². The van der Waals surface area contributed by atoms with Crippen LogP contribution in [0.25, 0.3) is 0 Å². The Morgan fingerprint density at radius 1 is 1.08 bits per heavy atom. The lowest BCUT2D eigenvalue weighted by Crippen LogP contribution is -2.18. The van der Waals surface area contributed by atoms with Gasteiger partial charge in [0.2, 0.25) is 0 Å². The average molecular weight is 363 g/mol. The highest BCUT2D eigenvalue weighted by Crippen LogP contribution is 2.31. The molecule has 1 aliphatic rings. The molecule has 1 aliphatic heterocycles. The van der Waals surface area contributed by atoms with E-state index in [0.29, 0.717) is 17.1 Å². The summed E-state index contributed by atoms with van der Waals surface area (Å²) in [6.07, 6.45) is 6.47. The Morgan fingerprint density at radius 2 is 1.81 bits per heavy atom. The van der Waals surface area contributed by atoms with Crippen molar-refractivity contribution in [2.24, 2.45) is 5.16 Å². The second kappa shape index (κ2) is 10.0. The monoisotopic (exact) mass is 363 g/mol. The van der Waals surface area contributed by atoms with Crippen LogP contribution in [0.4, 0.5) is 0 Å². The second-order valence-electron chi connectivity index (χ2n) is 6.70. The van der Waals surface area contributed by atoms with Crippen LogP contribution in [0.3, 0.4) is 0 Å². The zero-order valence-electron chi connectivity index (χ0n) is 15.9. The van der Waals surface area contributed by atoms with Crippen LogP contribution in [0.15, 0.2) is 17.3 Å². The van der Waals surface area contributed by atoms with Gasteiger partial charge in [0.15, 0.2) is 0 Å². The molecular formula is C20H29NO5. The minimum absolute atomic E-state index is 0.218. The Kier molecular flexibility index (Phi) is 7.75. The normalized spacial score (nSPS) is 21.4. The number of fused-ring (bicyclic) bond motifs is 1. The van der Waals surface area contributed by atoms with Crippen molar-refractivity contribution in [3.8, 4) is 11.5 Å². The molecule has 0 unspecified atom stereocenters. The molecule has 0 aromatic heterocycles. The Hall–Kier alpha value is -2.24. The molecule has 0 saturated carbocycles. The molecule has 0 fully saturated rings. The van der Waals surface area contributed by atoms with E-state index in [4.69, 9.17) is 19.4 Å². The molecule has 26 heavy (non-hydrogen) atoms. The first-order chi connectivity index (χ1) is 12.6. The van der Waals surface area contributed by atoms with Crippen LogP contribution in [0.5, 0.6) is 11.5 Å². The number of aryl methyl sites for hydroxylation is 1. The van der Waals surface area contributed by atoms with Gasteiger partial charge in [-0.05, 0) is 63.5 Å². The zero-order valence-corrected chi connectivity index (χ0v) is 15.9. The highest BCUT2D eigenvalue weighted by Gasteiger charge is 2.22. The predicted molar refractivity (Wildman–Crippen MR) is 99.7 cm³/mol. The topological polar surface area (TPSA) is 77.4 Å². The third-order valence-electron chi connectivity index (χ3n) is 4.75. The Labute approximate surface area is 155 Å². The molecule has 2 rings (SSSR count). The number of esters is 1. The lowest BCUT2D eigenvalue weighted by atomic mass is 9.98. The quantitative estimate of drug-likeness (QED) is 0.480. The fraction of sp³-hybridized carbons (Fsp3) is 0.600. The number of carbonyl (C=O) groups is 1. The number of rotatable bonds is 2. The van der Waals surface area contributed by atoms with Crippen molar-refractivity contribution in [1.29, 1.82) is 0 Å². The van der Waals surface area contributed by atoms with E-state index in [1.54, 1.807) is 20.3 Å². The van der Waals surface area contributed by atoms with Gasteiger partial charge in [0.05, 0.1) is 26.0 Å². The highest BCUT2D eigenvalue weighted by atomic mass is 16.5. The van der Waals surface area contributed by atoms with Crippen LogP contribution in [0.1, 0.15) is 67.8 Å². The summed E-state index contributed by atoms with van der Waals surface area (Å²) in [5.41, 5.74) is 2.20. The lowest BCUT2D eigenvalue weighted by molar-refractivity contribution is 0.0317. The lowest BCUT2D eigenvalue weighted by Gasteiger charge is -2.19. The van der Waals surface area contributed by atoms with E-state index in [9.17, 15) is 4.79 Å². The van der Waals surface area contributed by atoms with Gasteiger partial charge in [0, 0.05) is 6.07 Å². The predicted octanol–water partition coefficient (Wildman–Crippen LogP) is 4.37. The molecule has 6 heteroatoms. The number of ether oxygens (including phenoxy) is 3. The minimum atomic E-state index is -0.361. The summed E-state index contributed by atoms with van der Waals surface area (Å²) in [5, 5.41) is 12.5. The summed E-state index contributed by atoms with van der Waals surface area (Å²) in [6.45, 7) is 1.88. The van der Waals surface area contributed by atoms with Gasteiger partial charge in [0.25, 0.3) is 0 Å². The number of nitrogens with zero attached hydrogens (tertiary/aromatic N) is 1. The number of hydrogen-bond acceptors (Lipinski definition) is 6. The van der Waals surface area contributed by atoms with Crippen molar-refractivity contribution in [2.45, 2.75) is 64.4 Å². The fourth-order valence-corrected chi connectivity index (χ4v) is 3.29. The SMILES string of the molecule is COc1cc2c(c(OC)c1)C(=O)O[C@@H](C)CCCC(=NO)CCCCC2. The van der Waals surface area contributed by atoms with Gasteiger partial charge in [-0.2, -0.15) is 0 Å². The maximum Gasteiger partial charge on any atom is 0.342 e.